The Morgan fingerprint density at radius 3 is 2.48 bits per heavy atom. The van der Waals surface area contributed by atoms with E-state index in [0.717, 1.165) is 29.7 Å². The van der Waals surface area contributed by atoms with Gasteiger partial charge >= 0.3 is 5.97 Å². The third-order valence-electron chi connectivity index (χ3n) is 3.75. The van der Waals surface area contributed by atoms with Gasteiger partial charge in [-0.25, -0.2) is 0 Å². The van der Waals surface area contributed by atoms with E-state index in [4.69, 9.17) is 4.74 Å². The first kappa shape index (κ1) is 15.5. The molecular formula is C17H23NO3. The summed E-state index contributed by atoms with van der Waals surface area (Å²) in [7, 11) is 0. The van der Waals surface area contributed by atoms with Gasteiger partial charge in [0.25, 0.3) is 5.91 Å². The minimum Gasteiger partial charge on any atom is -0.452 e. The standard InChI is InChI=1S/C17H23NO3/c1-10(2)14-7-5-6-11(3)15(14)18-16(19)12(4)21-17(20)13-8-9-13/h5-7,10,12-13H,8-9H2,1-4H3,(H,18,19)/t12-/m1/s1. The number of anilines is 1. The molecule has 2 rings (SSSR count). The number of carbonyl (C=O) groups excluding carboxylic acids is 2. The highest BCUT2D eigenvalue weighted by Crippen LogP contribution is 2.31. The lowest BCUT2D eigenvalue weighted by Gasteiger charge is -2.19. The third-order valence-corrected chi connectivity index (χ3v) is 3.75. The zero-order chi connectivity index (χ0) is 15.6. The lowest BCUT2D eigenvalue weighted by molar-refractivity contribution is -0.154. The van der Waals surface area contributed by atoms with Crippen molar-refractivity contribution in [1.82, 2.24) is 0 Å². The number of nitrogens with one attached hydrogen (secondary N) is 1. The van der Waals surface area contributed by atoms with Gasteiger partial charge in [0.1, 0.15) is 0 Å². The van der Waals surface area contributed by atoms with Crippen LogP contribution in [0.1, 0.15) is 50.7 Å². The van der Waals surface area contributed by atoms with Crippen LogP contribution < -0.4 is 5.32 Å². The quantitative estimate of drug-likeness (QED) is 0.845. The zero-order valence-electron chi connectivity index (χ0n) is 13.1. The number of rotatable bonds is 5. The van der Waals surface area contributed by atoms with E-state index < -0.39 is 6.10 Å². The van der Waals surface area contributed by atoms with E-state index in [1.54, 1.807) is 6.92 Å². The normalized spacial score (nSPS) is 15.7. The molecule has 0 aliphatic heterocycles. The van der Waals surface area contributed by atoms with Gasteiger partial charge in [-0.15, -0.1) is 0 Å². The molecule has 1 saturated carbocycles. The first-order valence-electron chi connectivity index (χ1n) is 7.51. The van der Waals surface area contributed by atoms with E-state index in [2.05, 4.69) is 19.2 Å². The summed E-state index contributed by atoms with van der Waals surface area (Å²) in [5.41, 5.74) is 2.92. The number of amides is 1. The number of aryl methyl sites for hydroxylation is 1. The van der Waals surface area contributed by atoms with Gasteiger partial charge in [-0.3, -0.25) is 9.59 Å². The van der Waals surface area contributed by atoms with E-state index in [1.807, 2.05) is 25.1 Å². The van der Waals surface area contributed by atoms with Crippen molar-refractivity contribution in [2.45, 2.75) is 52.6 Å². The number of hydrogen-bond donors (Lipinski definition) is 1. The summed E-state index contributed by atoms with van der Waals surface area (Å²) in [6.45, 7) is 7.74. The van der Waals surface area contributed by atoms with Crippen molar-refractivity contribution in [3.8, 4) is 0 Å². The molecule has 0 unspecified atom stereocenters. The molecule has 1 aromatic rings. The summed E-state index contributed by atoms with van der Waals surface area (Å²) in [6, 6.07) is 5.95. The molecule has 1 aliphatic rings. The van der Waals surface area contributed by atoms with Gasteiger partial charge in [-0.05, 0) is 43.7 Å². The molecule has 4 heteroatoms. The van der Waals surface area contributed by atoms with Crippen molar-refractivity contribution in [3.05, 3.63) is 29.3 Å². The maximum atomic E-state index is 12.2. The molecule has 0 bridgehead atoms. The van der Waals surface area contributed by atoms with Crippen LogP contribution in [-0.4, -0.2) is 18.0 Å². The maximum Gasteiger partial charge on any atom is 0.309 e. The second-order valence-corrected chi connectivity index (χ2v) is 6.04. The molecule has 4 nitrogen and oxygen atoms in total. The van der Waals surface area contributed by atoms with Gasteiger partial charge < -0.3 is 10.1 Å². The Kier molecular flexibility index (Phi) is 4.66. The lowest BCUT2D eigenvalue weighted by Crippen LogP contribution is -2.31. The largest absolute Gasteiger partial charge is 0.452 e. The van der Waals surface area contributed by atoms with Crippen LogP contribution >= 0.6 is 0 Å². The fraction of sp³-hybridized carbons (Fsp3) is 0.529. The molecule has 0 spiro atoms. The summed E-state index contributed by atoms with van der Waals surface area (Å²) >= 11 is 0. The van der Waals surface area contributed by atoms with E-state index in [0.29, 0.717) is 5.92 Å². The fourth-order valence-electron chi connectivity index (χ4n) is 2.21. The molecule has 0 heterocycles. The van der Waals surface area contributed by atoms with Crippen molar-refractivity contribution in [1.29, 1.82) is 0 Å². The zero-order valence-corrected chi connectivity index (χ0v) is 13.1. The van der Waals surface area contributed by atoms with E-state index in [-0.39, 0.29) is 17.8 Å². The van der Waals surface area contributed by atoms with Crippen molar-refractivity contribution in [2.24, 2.45) is 5.92 Å². The predicted octanol–water partition coefficient (Wildman–Crippen LogP) is 3.40. The highest BCUT2D eigenvalue weighted by atomic mass is 16.5. The molecule has 1 aliphatic carbocycles. The topological polar surface area (TPSA) is 55.4 Å². The molecule has 1 N–H and O–H groups in total. The van der Waals surface area contributed by atoms with Crippen molar-refractivity contribution < 1.29 is 14.3 Å². The predicted molar refractivity (Wildman–Crippen MR) is 82.2 cm³/mol. The smallest absolute Gasteiger partial charge is 0.309 e. The van der Waals surface area contributed by atoms with Crippen LogP contribution in [0, 0.1) is 12.8 Å². The molecule has 114 valence electrons. The molecule has 0 radical (unpaired) electrons. The number of carbonyl (C=O) groups is 2. The van der Waals surface area contributed by atoms with Gasteiger partial charge in [0.05, 0.1) is 5.92 Å². The first-order chi connectivity index (χ1) is 9.90. The number of ether oxygens (including phenoxy) is 1. The van der Waals surface area contributed by atoms with Crippen LogP contribution in [0.3, 0.4) is 0 Å². The molecule has 0 aromatic heterocycles. The molecule has 0 saturated heterocycles. The lowest BCUT2D eigenvalue weighted by atomic mass is 9.98. The van der Waals surface area contributed by atoms with Crippen LogP contribution in [0.25, 0.3) is 0 Å². The summed E-state index contributed by atoms with van der Waals surface area (Å²) < 4.78 is 5.20. The average molecular weight is 289 g/mol. The summed E-state index contributed by atoms with van der Waals surface area (Å²) in [4.78, 5) is 23.8. The average Bonchev–Trinajstić information content (AvgIpc) is 3.24. The Morgan fingerprint density at radius 2 is 1.90 bits per heavy atom. The molecule has 1 amide bonds. The van der Waals surface area contributed by atoms with Gasteiger partial charge in [0.15, 0.2) is 6.10 Å². The van der Waals surface area contributed by atoms with Crippen LogP contribution in [0.5, 0.6) is 0 Å². The van der Waals surface area contributed by atoms with Crippen LogP contribution in [0.2, 0.25) is 0 Å². The fourth-order valence-corrected chi connectivity index (χ4v) is 2.21. The molecule has 21 heavy (non-hydrogen) atoms. The second kappa shape index (κ2) is 6.29. The minimum absolute atomic E-state index is 0.00457. The van der Waals surface area contributed by atoms with E-state index >= 15 is 0 Å². The Balaban J connectivity index is 2.06. The maximum absolute atomic E-state index is 12.2. The SMILES string of the molecule is Cc1cccc(C(C)C)c1NC(=O)[C@@H](C)OC(=O)C1CC1. The van der Waals surface area contributed by atoms with Crippen molar-refractivity contribution in [2.75, 3.05) is 5.32 Å². The van der Waals surface area contributed by atoms with Crippen LogP contribution in [-0.2, 0) is 14.3 Å². The molecule has 1 aromatic carbocycles. The Hall–Kier alpha value is -1.84. The Bertz CT molecular complexity index is 547. The van der Waals surface area contributed by atoms with Gasteiger partial charge in [-0.1, -0.05) is 32.0 Å². The van der Waals surface area contributed by atoms with Crippen molar-refractivity contribution >= 4 is 17.6 Å². The first-order valence-corrected chi connectivity index (χ1v) is 7.51. The van der Waals surface area contributed by atoms with E-state index in [9.17, 15) is 9.59 Å². The molecule has 1 fully saturated rings. The highest BCUT2D eigenvalue weighted by molar-refractivity contribution is 5.96. The summed E-state index contributed by atoms with van der Waals surface area (Å²) in [5, 5.41) is 2.91. The van der Waals surface area contributed by atoms with Gasteiger partial charge in [0.2, 0.25) is 0 Å². The second-order valence-electron chi connectivity index (χ2n) is 6.04. The van der Waals surface area contributed by atoms with Gasteiger partial charge in [-0.2, -0.15) is 0 Å². The molecule has 1 atom stereocenters. The summed E-state index contributed by atoms with van der Waals surface area (Å²) in [6.07, 6.45) is 0.989. The minimum atomic E-state index is -0.766. The number of hydrogen-bond acceptors (Lipinski definition) is 3. The monoisotopic (exact) mass is 289 g/mol. The van der Waals surface area contributed by atoms with Gasteiger partial charge in [0, 0.05) is 5.69 Å². The van der Waals surface area contributed by atoms with Crippen LogP contribution in [0.4, 0.5) is 5.69 Å². The Labute approximate surface area is 125 Å². The Morgan fingerprint density at radius 1 is 1.24 bits per heavy atom. The van der Waals surface area contributed by atoms with Crippen molar-refractivity contribution in [3.63, 3.8) is 0 Å². The molecular weight excluding hydrogens is 266 g/mol. The highest BCUT2D eigenvalue weighted by Gasteiger charge is 2.33. The van der Waals surface area contributed by atoms with E-state index in [1.165, 1.54) is 0 Å². The third kappa shape index (κ3) is 3.84. The number of esters is 1. The number of benzene rings is 1. The summed E-state index contributed by atoms with van der Waals surface area (Å²) in [5.74, 6) is -0.221. The van der Waals surface area contributed by atoms with Crippen LogP contribution in [0.15, 0.2) is 18.2 Å². The number of para-hydroxylation sites is 1.